The number of carbonyl (C=O) groups is 2. The number of hydrogen-bond donors (Lipinski definition) is 1. The van der Waals surface area contributed by atoms with Gasteiger partial charge in [0.25, 0.3) is 5.78 Å². The van der Waals surface area contributed by atoms with E-state index in [-0.39, 0.29) is 5.69 Å². The van der Waals surface area contributed by atoms with Crippen molar-refractivity contribution < 1.29 is 9.59 Å². The number of aryl methyl sites for hydroxylation is 1. The van der Waals surface area contributed by atoms with Gasteiger partial charge in [0, 0.05) is 22.6 Å². The zero-order chi connectivity index (χ0) is 12.9. The van der Waals surface area contributed by atoms with Gasteiger partial charge in [0.05, 0.1) is 0 Å². The summed E-state index contributed by atoms with van der Waals surface area (Å²) in [6.07, 6.45) is 0.678. The molecule has 1 heterocycles. The van der Waals surface area contributed by atoms with Crippen molar-refractivity contribution in [1.29, 1.82) is 0 Å². The number of hydrogen-bond acceptors (Lipinski definition) is 3. The topological polar surface area (TPSA) is 62.8 Å². The molecule has 90 valence electrons. The van der Waals surface area contributed by atoms with Crippen molar-refractivity contribution in [2.24, 2.45) is 0 Å². The third kappa shape index (κ3) is 1.42. The lowest BCUT2D eigenvalue weighted by Crippen LogP contribution is -2.21. The quantitative estimate of drug-likeness (QED) is 0.802. The molecule has 0 aliphatic heterocycles. The first-order valence-electron chi connectivity index (χ1n) is 5.59. The summed E-state index contributed by atoms with van der Waals surface area (Å²) in [5, 5.41) is 0.435. The van der Waals surface area contributed by atoms with Crippen molar-refractivity contribution in [2.45, 2.75) is 13.3 Å². The van der Waals surface area contributed by atoms with Crippen LogP contribution in [0.4, 0.5) is 0 Å². The van der Waals surface area contributed by atoms with Gasteiger partial charge in [0.1, 0.15) is 17.2 Å². The summed E-state index contributed by atoms with van der Waals surface area (Å²) in [5.41, 5.74) is 1.82. The zero-order valence-corrected chi connectivity index (χ0v) is 10.3. The number of aromatic nitrogens is 2. The molecule has 1 aromatic carbocycles. The number of carbonyl (C=O) groups excluding carboxylic acids is 2. The largest absolute Gasteiger partial charge is 0.339 e. The molecule has 0 spiro atoms. The molecule has 5 heteroatoms. The number of halogens is 1. The molecule has 1 aliphatic rings. The number of rotatable bonds is 1. The maximum absolute atomic E-state index is 12.0. The molecule has 0 amide bonds. The Balaban J connectivity index is 2.33. The van der Waals surface area contributed by atoms with Gasteiger partial charge in [0.15, 0.2) is 0 Å². The van der Waals surface area contributed by atoms with Crippen LogP contribution >= 0.6 is 11.6 Å². The molecule has 1 aromatic heterocycles. The van der Waals surface area contributed by atoms with E-state index >= 15 is 0 Å². The highest BCUT2D eigenvalue weighted by molar-refractivity contribution is 6.52. The van der Waals surface area contributed by atoms with Crippen LogP contribution in [0.15, 0.2) is 18.2 Å². The Labute approximate surface area is 108 Å². The monoisotopic (exact) mass is 260 g/mol. The van der Waals surface area contributed by atoms with E-state index in [2.05, 4.69) is 9.97 Å². The highest BCUT2D eigenvalue weighted by atomic mass is 35.5. The van der Waals surface area contributed by atoms with Gasteiger partial charge in [-0.25, -0.2) is 4.98 Å². The number of benzene rings is 1. The fourth-order valence-corrected chi connectivity index (χ4v) is 2.27. The maximum atomic E-state index is 12.0. The lowest BCUT2D eigenvalue weighted by molar-refractivity contribution is 0.0812. The predicted molar refractivity (Wildman–Crippen MR) is 67.1 cm³/mol. The standard InChI is InChI=1S/C13H9ClN2O2/c1-2-9-15-10-7-4-3-6(14)5-8(7)12(17)13(18)11(10)16-9/h3-5H,2H2,1H3,(H,15,16). The summed E-state index contributed by atoms with van der Waals surface area (Å²) >= 11 is 5.86. The fraction of sp³-hybridized carbons (Fsp3) is 0.154. The van der Waals surface area contributed by atoms with Gasteiger partial charge in [-0.05, 0) is 12.1 Å². The molecule has 0 radical (unpaired) electrons. The van der Waals surface area contributed by atoms with Crippen molar-refractivity contribution in [3.05, 3.63) is 40.3 Å². The van der Waals surface area contributed by atoms with Crippen LogP contribution in [-0.2, 0) is 6.42 Å². The Morgan fingerprint density at radius 3 is 2.72 bits per heavy atom. The lowest BCUT2D eigenvalue weighted by Gasteiger charge is -2.12. The molecule has 4 nitrogen and oxygen atoms in total. The van der Waals surface area contributed by atoms with Crippen LogP contribution < -0.4 is 0 Å². The van der Waals surface area contributed by atoms with E-state index in [1.54, 1.807) is 12.1 Å². The smallest absolute Gasteiger partial charge is 0.251 e. The molecule has 1 N–H and O–H groups in total. The molecule has 0 atom stereocenters. The van der Waals surface area contributed by atoms with Gasteiger partial charge in [0.2, 0.25) is 5.78 Å². The second kappa shape index (κ2) is 3.78. The van der Waals surface area contributed by atoms with Crippen molar-refractivity contribution >= 4 is 23.2 Å². The summed E-state index contributed by atoms with van der Waals surface area (Å²) in [6.45, 7) is 1.93. The summed E-state index contributed by atoms with van der Waals surface area (Å²) in [4.78, 5) is 31.2. The normalized spacial score (nSPS) is 13.4. The first-order chi connectivity index (χ1) is 8.61. The average molecular weight is 261 g/mol. The Bertz CT molecular complexity index is 688. The lowest BCUT2D eigenvalue weighted by atomic mass is 9.90. The first kappa shape index (κ1) is 11.2. The van der Waals surface area contributed by atoms with Gasteiger partial charge in [-0.15, -0.1) is 0 Å². The molecule has 18 heavy (non-hydrogen) atoms. The van der Waals surface area contributed by atoms with Crippen molar-refractivity contribution in [2.75, 3.05) is 0 Å². The van der Waals surface area contributed by atoms with Gasteiger partial charge >= 0.3 is 0 Å². The fourth-order valence-electron chi connectivity index (χ4n) is 2.10. The molecule has 2 aromatic rings. The number of H-pyrrole nitrogens is 1. The van der Waals surface area contributed by atoms with Crippen LogP contribution in [0, 0.1) is 0 Å². The number of ketones is 2. The summed E-state index contributed by atoms with van der Waals surface area (Å²) in [5.74, 6) is -0.387. The molecule has 0 saturated carbocycles. The molecule has 0 unspecified atom stereocenters. The second-order valence-corrected chi connectivity index (χ2v) is 4.55. The molecular weight excluding hydrogens is 252 g/mol. The highest BCUT2D eigenvalue weighted by Crippen LogP contribution is 2.33. The van der Waals surface area contributed by atoms with Crippen LogP contribution in [0.3, 0.4) is 0 Å². The van der Waals surface area contributed by atoms with Gasteiger partial charge in [-0.1, -0.05) is 24.6 Å². The summed E-state index contributed by atoms with van der Waals surface area (Å²) in [6, 6.07) is 4.93. The van der Waals surface area contributed by atoms with Crippen LogP contribution in [0.1, 0.15) is 33.6 Å². The van der Waals surface area contributed by atoms with Gasteiger partial charge in [-0.3, -0.25) is 9.59 Å². The van der Waals surface area contributed by atoms with Gasteiger partial charge < -0.3 is 4.98 Å². The SMILES string of the molecule is CCc1nc2c([nH]1)C(=O)C(=O)c1cc(Cl)ccc1-2. The minimum absolute atomic E-state index is 0.284. The van der Waals surface area contributed by atoms with Crippen LogP contribution in [0.25, 0.3) is 11.3 Å². The number of aromatic amines is 1. The highest BCUT2D eigenvalue weighted by Gasteiger charge is 2.33. The minimum atomic E-state index is -0.549. The molecule has 0 saturated heterocycles. The maximum Gasteiger partial charge on any atom is 0.251 e. The van der Waals surface area contributed by atoms with Crippen molar-refractivity contribution in [3.63, 3.8) is 0 Å². The van der Waals surface area contributed by atoms with E-state index in [0.29, 0.717) is 34.1 Å². The van der Waals surface area contributed by atoms with E-state index in [0.717, 1.165) is 0 Å². The number of imidazole rings is 1. The third-order valence-electron chi connectivity index (χ3n) is 3.00. The van der Waals surface area contributed by atoms with Crippen LogP contribution in [0.2, 0.25) is 5.02 Å². The number of Topliss-reactive ketones (excluding diaryl/α,β-unsaturated/α-hetero) is 2. The van der Waals surface area contributed by atoms with Gasteiger partial charge in [-0.2, -0.15) is 0 Å². The minimum Gasteiger partial charge on any atom is -0.339 e. The molecule has 0 bridgehead atoms. The first-order valence-corrected chi connectivity index (χ1v) is 5.97. The number of nitrogens with zero attached hydrogens (tertiary/aromatic N) is 1. The Kier molecular flexibility index (Phi) is 2.35. The molecular formula is C13H9ClN2O2. The van der Waals surface area contributed by atoms with E-state index < -0.39 is 11.6 Å². The Morgan fingerprint density at radius 1 is 1.22 bits per heavy atom. The summed E-state index contributed by atoms with van der Waals surface area (Å²) in [7, 11) is 0. The summed E-state index contributed by atoms with van der Waals surface area (Å²) < 4.78 is 0. The van der Waals surface area contributed by atoms with Crippen LogP contribution in [0.5, 0.6) is 0 Å². The van der Waals surface area contributed by atoms with E-state index in [4.69, 9.17) is 11.6 Å². The average Bonchev–Trinajstić information content (AvgIpc) is 2.80. The predicted octanol–water partition coefficient (Wildman–Crippen LogP) is 2.67. The Morgan fingerprint density at radius 2 is 2.00 bits per heavy atom. The third-order valence-corrected chi connectivity index (χ3v) is 3.24. The zero-order valence-electron chi connectivity index (χ0n) is 9.58. The van der Waals surface area contributed by atoms with Crippen molar-refractivity contribution in [3.8, 4) is 11.3 Å². The number of nitrogens with one attached hydrogen (secondary N) is 1. The Hall–Kier alpha value is -1.94. The van der Waals surface area contributed by atoms with E-state index in [9.17, 15) is 9.59 Å². The second-order valence-electron chi connectivity index (χ2n) is 4.11. The molecule has 1 aliphatic carbocycles. The van der Waals surface area contributed by atoms with Crippen molar-refractivity contribution in [1.82, 2.24) is 9.97 Å². The van der Waals surface area contributed by atoms with E-state index in [1.807, 2.05) is 6.92 Å². The van der Waals surface area contributed by atoms with E-state index in [1.165, 1.54) is 6.07 Å². The molecule has 0 fully saturated rings. The molecule has 3 rings (SSSR count). The van der Waals surface area contributed by atoms with Crippen LogP contribution in [-0.4, -0.2) is 21.5 Å². The number of fused-ring (bicyclic) bond motifs is 3.